The zero-order chi connectivity index (χ0) is 22.0. The molecule has 164 valence electrons. The highest BCUT2D eigenvalue weighted by Gasteiger charge is 2.43. The number of benzene rings is 1. The van der Waals surface area contributed by atoms with Gasteiger partial charge in [0.1, 0.15) is 17.5 Å². The van der Waals surface area contributed by atoms with Gasteiger partial charge in [0, 0.05) is 35.8 Å². The monoisotopic (exact) mass is 456 g/mol. The average Bonchev–Trinajstić information content (AvgIpc) is 3.21. The number of imidazole rings is 1. The van der Waals surface area contributed by atoms with Crippen molar-refractivity contribution in [2.45, 2.75) is 25.4 Å². The maximum Gasteiger partial charge on any atom is 0.231 e. The molecule has 2 N–H and O–H groups in total. The zero-order valence-electron chi connectivity index (χ0n) is 16.9. The summed E-state index contributed by atoms with van der Waals surface area (Å²) in [6.07, 6.45) is 6.27. The van der Waals surface area contributed by atoms with Crippen molar-refractivity contribution in [3.8, 4) is 11.1 Å². The largest absolute Gasteiger partial charge is 0.367 e. The van der Waals surface area contributed by atoms with Crippen LogP contribution in [0.25, 0.3) is 27.7 Å². The van der Waals surface area contributed by atoms with Gasteiger partial charge in [-0.05, 0) is 31.4 Å². The quantitative estimate of drug-likeness (QED) is 0.471. The van der Waals surface area contributed by atoms with Crippen molar-refractivity contribution in [2.24, 2.45) is 5.92 Å². The number of hydrogen-bond donors (Lipinski definition) is 2. The molecule has 7 nitrogen and oxygen atoms in total. The Hall–Kier alpha value is -3.20. The molecular weight excluding hydrogens is 438 g/mol. The molecule has 10 heteroatoms. The van der Waals surface area contributed by atoms with Gasteiger partial charge in [0.25, 0.3) is 0 Å². The van der Waals surface area contributed by atoms with Crippen LogP contribution < -0.4 is 10.2 Å². The topological polar surface area (TPSA) is 78.3 Å². The fraction of sp³-hybridized carbons (Fsp3) is 0.318. The molecule has 1 aromatic carbocycles. The standard InChI is InChI=1S/C22H19ClF2N6O/c23-18-17(13-8-26-29-20(13)21(19(18)25)30-5-1-2-6-30)11-3-4-16-27-15(10-31(16)9-11)28-22(32)12-7-14(12)24/h3-4,8-10,12,14H,1-2,5-7H2,(H,26,29)(H,28,32)/t12-,14+/m1/s1. The summed E-state index contributed by atoms with van der Waals surface area (Å²) in [7, 11) is 0. The minimum Gasteiger partial charge on any atom is -0.367 e. The van der Waals surface area contributed by atoms with E-state index < -0.39 is 17.9 Å². The van der Waals surface area contributed by atoms with E-state index in [4.69, 9.17) is 11.6 Å². The molecule has 0 bridgehead atoms. The van der Waals surface area contributed by atoms with Gasteiger partial charge < -0.3 is 14.6 Å². The van der Waals surface area contributed by atoms with Gasteiger partial charge in [-0.15, -0.1) is 0 Å². The van der Waals surface area contributed by atoms with E-state index >= 15 is 4.39 Å². The third kappa shape index (κ3) is 3.02. The third-order valence-electron chi connectivity index (χ3n) is 6.23. The van der Waals surface area contributed by atoms with Gasteiger partial charge in [0.05, 0.1) is 28.9 Å². The Bertz CT molecular complexity index is 1380. The molecule has 1 saturated heterocycles. The van der Waals surface area contributed by atoms with Crippen LogP contribution in [-0.2, 0) is 4.79 Å². The lowest BCUT2D eigenvalue weighted by atomic mass is 10.0. The van der Waals surface area contributed by atoms with E-state index in [1.165, 1.54) is 0 Å². The maximum atomic E-state index is 15.5. The number of alkyl halides is 1. The molecule has 3 aromatic heterocycles. The van der Waals surface area contributed by atoms with Crippen molar-refractivity contribution in [3.63, 3.8) is 0 Å². The Balaban J connectivity index is 1.42. The van der Waals surface area contributed by atoms with Crippen LogP contribution in [-0.4, -0.2) is 44.8 Å². The van der Waals surface area contributed by atoms with Crippen LogP contribution in [0, 0.1) is 11.7 Å². The van der Waals surface area contributed by atoms with E-state index in [0.29, 0.717) is 33.8 Å². The van der Waals surface area contributed by atoms with Crippen LogP contribution in [0.1, 0.15) is 19.3 Å². The zero-order valence-corrected chi connectivity index (χ0v) is 17.7. The van der Waals surface area contributed by atoms with Gasteiger partial charge in [-0.25, -0.2) is 13.8 Å². The molecule has 2 aliphatic rings. The molecule has 0 radical (unpaired) electrons. The predicted molar refractivity (Wildman–Crippen MR) is 118 cm³/mol. The van der Waals surface area contributed by atoms with Crippen LogP contribution in [0.5, 0.6) is 0 Å². The van der Waals surface area contributed by atoms with E-state index in [1.807, 2.05) is 4.90 Å². The van der Waals surface area contributed by atoms with Crippen molar-refractivity contribution in [1.29, 1.82) is 0 Å². The molecule has 2 fully saturated rings. The number of carbonyl (C=O) groups excluding carboxylic acids is 1. The summed E-state index contributed by atoms with van der Waals surface area (Å²) in [6.45, 7) is 1.56. The second-order valence-electron chi connectivity index (χ2n) is 8.36. The van der Waals surface area contributed by atoms with Gasteiger partial charge >= 0.3 is 0 Å². The molecule has 4 heterocycles. The number of nitrogens with zero attached hydrogens (tertiary/aromatic N) is 4. The van der Waals surface area contributed by atoms with E-state index in [9.17, 15) is 9.18 Å². The van der Waals surface area contributed by atoms with E-state index in [-0.39, 0.29) is 17.4 Å². The van der Waals surface area contributed by atoms with Gasteiger partial charge in [0.2, 0.25) is 5.91 Å². The number of pyridine rings is 1. The molecule has 0 unspecified atom stereocenters. The summed E-state index contributed by atoms with van der Waals surface area (Å²) >= 11 is 6.57. The van der Waals surface area contributed by atoms with Crippen molar-refractivity contribution in [2.75, 3.05) is 23.3 Å². The highest BCUT2D eigenvalue weighted by atomic mass is 35.5. The Labute approximate surface area is 186 Å². The Morgan fingerprint density at radius 3 is 2.78 bits per heavy atom. The van der Waals surface area contributed by atoms with Crippen LogP contribution in [0.2, 0.25) is 5.02 Å². The molecule has 1 aliphatic heterocycles. The molecule has 1 amide bonds. The van der Waals surface area contributed by atoms with Gasteiger partial charge in [-0.2, -0.15) is 5.10 Å². The number of rotatable bonds is 4. The first kappa shape index (κ1) is 19.5. The second kappa shape index (κ2) is 7.16. The van der Waals surface area contributed by atoms with Crippen molar-refractivity contribution in [3.05, 3.63) is 41.6 Å². The van der Waals surface area contributed by atoms with E-state index in [1.54, 1.807) is 35.1 Å². The fourth-order valence-corrected chi connectivity index (χ4v) is 4.77. The number of H-pyrrole nitrogens is 1. The molecule has 4 aromatic rings. The molecule has 0 spiro atoms. The summed E-state index contributed by atoms with van der Waals surface area (Å²) in [5.41, 5.74) is 2.89. The van der Waals surface area contributed by atoms with Crippen LogP contribution in [0.4, 0.5) is 20.3 Å². The van der Waals surface area contributed by atoms with Crippen LogP contribution in [0.15, 0.2) is 30.7 Å². The average molecular weight is 457 g/mol. The number of carbonyl (C=O) groups is 1. The lowest BCUT2D eigenvalue weighted by Crippen LogP contribution is -2.19. The van der Waals surface area contributed by atoms with Crippen molar-refractivity contribution >= 4 is 45.6 Å². The number of fused-ring (bicyclic) bond motifs is 2. The number of halogens is 3. The highest BCUT2D eigenvalue weighted by Crippen LogP contribution is 2.43. The minimum atomic E-state index is -1.07. The molecule has 32 heavy (non-hydrogen) atoms. The third-order valence-corrected chi connectivity index (χ3v) is 6.58. The Morgan fingerprint density at radius 2 is 2.03 bits per heavy atom. The van der Waals surface area contributed by atoms with Gasteiger partial charge in [-0.3, -0.25) is 9.89 Å². The van der Waals surface area contributed by atoms with E-state index in [0.717, 1.165) is 31.3 Å². The first-order chi connectivity index (χ1) is 15.5. The Morgan fingerprint density at radius 1 is 1.25 bits per heavy atom. The number of aromatic amines is 1. The summed E-state index contributed by atoms with van der Waals surface area (Å²) in [6, 6.07) is 3.56. The molecule has 2 atom stereocenters. The number of nitrogens with one attached hydrogen (secondary N) is 2. The maximum absolute atomic E-state index is 15.5. The summed E-state index contributed by atoms with van der Waals surface area (Å²) in [5, 5.41) is 10.5. The minimum absolute atomic E-state index is 0.0384. The molecule has 6 rings (SSSR count). The lowest BCUT2D eigenvalue weighted by molar-refractivity contribution is -0.117. The first-order valence-corrected chi connectivity index (χ1v) is 10.9. The lowest BCUT2D eigenvalue weighted by Gasteiger charge is -2.21. The normalized spacial score (nSPS) is 20.4. The van der Waals surface area contributed by atoms with Crippen LogP contribution >= 0.6 is 11.6 Å². The molecule has 1 aliphatic carbocycles. The van der Waals surface area contributed by atoms with Gasteiger partial charge in [-0.1, -0.05) is 11.6 Å². The predicted octanol–water partition coefficient (Wildman–Crippen LogP) is 4.57. The number of aromatic nitrogens is 4. The summed E-state index contributed by atoms with van der Waals surface area (Å²) < 4.78 is 30.3. The van der Waals surface area contributed by atoms with Gasteiger partial charge in [0.15, 0.2) is 11.6 Å². The Kier molecular flexibility index (Phi) is 4.36. The van der Waals surface area contributed by atoms with Crippen LogP contribution in [0.3, 0.4) is 0 Å². The second-order valence-corrected chi connectivity index (χ2v) is 8.74. The first-order valence-electron chi connectivity index (χ1n) is 10.5. The number of amides is 1. The molecule has 1 saturated carbocycles. The fourth-order valence-electron chi connectivity index (χ4n) is 4.47. The highest BCUT2D eigenvalue weighted by molar-refractivity contribution is 6.36. The summed E-state index contributed by atoms with van der Waals surface area (Å²) in [5.74, 6) is -1.10. The van der Waals surface area contributed by atoms with Crippen molar-refractivity contribution < 1.29 is 13.6 Å². The molecular formula is C22H19ClF2N6O. The summed E-state index contributed by atoms with van der Waals surface area (Å²) in [4.78, 5) is 18.4. The SMILES string of the molecule is O=C(Nc1cn2cc(-c3c(Cl)c(F)c(N4CCCC4)c4[nH]ncc34)ccc2n1)[C@@H]1C[C@@H]1F. The van der Waals surface area contributed by atoms with E-state index in [2.05, 4.69) is 20.5 Å². The van der Waals surface area contributed by atoms with Crippen molar-refractivity contribution in [1.82, 2.24) is 19.6 Å². The number of hydrogen-bond acceptors (Lipinski definition) is 4. The number of anilines is 2. The smallest absolute Gasteiger partial charge is 0.231 e.